The van der Waals surface area contributed by atoms with E-state index in [2.05, 4.69) is 5.32 Å². The monoisotopic (exact) mass is 227 g/mol. The summed E-state index contributed by atoms with van der Waals surface area (Å²) in [5.74, 6) is 1.00. The average Bonchev–Trinajstić information content (AvgIpc) is 2.73. The third-order valence-corrected chi connectivity index (χ3v) is 2.89. The molecule has 0 radical (unpaired) electrons. The fourth-order valence-electron chi connectivity index (χ4n) is 2.05. The predicted octanol–water partition coefficient (Wildman–Crippen LogP) is 2.94. The SMILES string of the molecule is Oc1ccc2c(c1)OCC2Nc1ccccc1. The molecule has 86 valence electrons. The highest BCUT2D eigenvalue weighted by molar-refractivity contribution is 5.51. The van der Waals surface area contributed by atoms with Crippen LogP contribution in [0, 0.1) is 0 Å². The fourth-order valence-corrected chi connectivity index (χ4v) is 2.05. The van der Waals surface area contributed by atoms with Crippen LogP contribution >= 0.6 is 0 Å². The first-order chi connectivity index (χ1) is 8.33. The minimum atomic E-state index is 0.146. The number of hydrogen-bond acceptors (Lipinski definition) is 3. The zero-order valence-electron chi connectivity index (χ0n) is 9.26. The molecule has 0 aromatic heterocycles. The molecular weight excluding hydrogens is 214 g/mol. The van der Waals surface area contributed by atoms with E-state index in [9.17, 15) is 5.11 Å². The van der Waals surface area contributed by atoms with Crippen molar-refractivity contribution < 1.29 is 9.84 Å². The zero-order chi connectivity index (χ0) is 11.7. The van der Waals surface area contributed by atoms with Gasteiger partial charge in [-0.05, 0) is 24.3 Å². The number of ether oxygens (including phenoxy) is 1. The molecule has 1 aliphatic heterocycles. The number of fused-ring (bicyclic) bond motifs is 1. The second-order valence-electron chi connectivity index (χ2n) is 4.10. The van der Waals surface area contributed by atoms with E-state index in [0.29, 0.717) is 6.61 Å². The molecule has 3 nitrogen and oxygen atoms in total. The number of rotatable bonds is 2. The Morgan fingerprint density at radius 3 is 2.76 bits per heavy atom. The van der Waals surface area contributed by atoms with E-state index >= 15 is 0 Å². The number of hydrogen-bond donors (Lipinski definition) is 2. The number of anilines is 1. The van der Waals surface area contributed by atoms with Crippen LogP contribution in [0.15, 0.2) is 48.5 Å². The van der Waals surface area contributed by atoms with E-state index in [0.717, 1.165) is 17.0 Å². The number of aromatic hydroxyl groups is 1. The molecule has 1 heterocycles. The smallest absolute Gasteiger partial charge is 0.128 e. The summed E-state index contributed by atoms with van der Waals surface area (Å²) in [7, 11) is 0. The summed E-state index contributed by atoms with van der Waals surface area (Å²) in [6, 6.07) is 15.4. The van der Waals surface area contributed by atoms with Crippen molar-refractivity contribution in [1.29, 1.82) is 0 Å². The van der Waals surface area contributed by atoms with Crippen molar-refractivity contribution in [1.82, 2.24) is 0 Å². The third kappa shape index (κ3) is 1.91. The molecule has 2 N–H and O–H groups in total. The van der Waals surface area contributed by atoms with Crippen molar-refractivity contribution in [2.75, 3.05) is 11.9 Å². The Balaban J connectivity index is 1.85. The molecule has 17 heavy (non-hydrogen) atoms. The molecule has 0 amide bonds. The van der Waals surface area contributed by atoms with E-state index < -0.39 is 0 Å². The van der Waals surface area contributed by atoms with Crippen molar-refractivity contribution in [3.05, 3.63) is 54.1 Å². The molecule has 0 saturated heterocycles. The summed E-state index contributed by atoms with van der Waals surface area (Å²) in [5, 5.41) is 12.8. The Hall–Kier alpha value is -2.16. The van der Waals surface area contributed by atoms with Gasteiger partial charge in [-0.2, -0.15) is 0 Å². The van der Waals surface area contributed by atoms with Gasteiger partial charge < -0.3 is 15.2 Å². The van der Waals surface area contributed by atoms with Gasteiger partial charge >= 0.3 is 0 Å². The quantitative estimate of drug-likeness (QED) is 0.828. The van der Waals surface area contributed by atoms with Crippen LogP contribution in [0.5, 0.6) is 11.5 Å². The third-order valence-electron chi connectivity index (χ3n) is 2.89. The first-order valence-electron chi connectivity index (χ1n) is 5.60. The van der Waals surface area contributed by atoms with E-state index in [-0.39, 0.29) is 11.8 Å². The minimum Gasteiger partial charge on any atom is -0.508 e. The van der Waals surface area contributed by atoms with Crippen molar-refractivity contribution in [3.8, 4) is 11.5 Å². The Bertz CT molecular complexity index is 525. The minimum absolute atomic E-state index is 0.146. The molecule has 1 atom stereocenters. The van der Waals surface area contributed by atoms with E-state index in [4.69, 9.17) is 4.74 Å². The van der Waals surface area contributed by atoms with Gasteiger partial charge in [0.2, 0.25) is 0 Å². The second kappa shape index (κ2) is 4.01. The highest BCUT2D eigenvalue weighted by Crippen LogP contribution is 2.36. The van der Waals surface area contributed by atoms with Crippen LogP contribution in [0.25, 0.3) is 0 Å². The maximum absolute atomic E-state index is 9.37. The van der Waals surface area contributed by atoms with E-state index in [1.807, 2.05) is 36.4 Å². The standard InChI is InChI=1S/C14H13NO2/c16-11-6-7-12-13(9-17-14(12)8-11)15-10-4-2-1-3-5-10/h1-8,13,15-16H,9H2. The average molecular weight is 227 g/mol. The molecule has 3 rings (SSSR count). The Morgan fingerprint density at radius 2 is 1.94 bits per heavy atom. The molecule has 2 aromatic rings. The molecule has 0 saturated carbocycles. The zero-order valence-corrected chi connectivity index (χ0v) is 9.26. The fraction of sp³-hybridized carbons (Fsp3) is 0.143. The Morgan fingerprint density at radius 1 is 1.12 bits per heavy atom. The normalized spacial score (nSPS) is 17.3. The lowest BCUT2D eigenvalue weighted by Crippen LogP contribution is -2.11. The summed E-state index contributed by atoms with van der Waals surface area (Å²) in [5.41, 5.74) is 2.16. The summed E-state index contributed by atoms with van der Waals surface area (Å²) in [6.45, 7) is 0.591. The number of phenols is 1. The van der Waals surface area contributed by atoms with Gasteiger partial charge in [-0.3, -0.25) is 0 Å². The van der Waals surface area contributed by atoms with Gasteiger partial charge in [0.15, 0.2) is 0 Å². The van der Waals surface area contributed by atoms with Gasteiger partial charge in [0, 0.05) is 17.3 Å². The number of benzene rings is 2. The summed E-state index contributed by atoms with van der Waals surface area (Å²) in [6.07, 6.45) is 0. The summed E-state index contributed by atoms with van der Waals surface area (Å²) in [4.78, 5) is 0. The highest BCUT2D eigenvalue weighted by atomic mass is 16.5. The van der Waals surface area contributed by atoms with Crippen LogP contribution in [0.2, 0.25) is 0 Å². The molecule has 3 heteroatoms. The molecular formula is C14H13NO2. The van der Waals surface area contributed by atoms with Crippen molar-refractivity contribution >= 4 is 5.69 Å². The van der Waals surface area contributed by atoms with Crippen LogP contribution in [-0.4, -0.2) is 11.7 Å². The molecule has 0 spiro atoms. The summed E-state index contributed by atoms with van der Waals surface area (Å²) < 4.78 is 5.54. The van der Waals surface area contributed by atoms with Crippen LogP contribution in [-0.2, 0) is 0 Å². The van der Waals surface area contributed by atoms with Gasteiger partial charge in [0.05, 0.1) is 6.04 Å². The van der Waals surface area contributed by atoms with Gasteiger partial charge in [-0.25, -0.2) is 0 Å². The number of para-hydroxylation sites is 1. The lowest BCUT2D eigenvalue weighted by Gasteiger charge is -2.12. The van der Waals surface area contributed by atoms with Crippen molar-refractivity contribution in [3.63, 3.8) is 0 Å². The van der Waals surface area contributed by atoms with Crippen LogP contribution in [0.3, 0.4) is 0 Å². The highest BCUT2D eigenvalue weighted by Gasteiger charge is 2.24. The molecule has 1 aliphatic rings. The van der Waals surface area contributed by atoms with Gasteiger partial charge in [-0.15, -0.1) is 0 Å². The maximum atomic E-state index is 9.37. The van der Waals surface area contributed by atoms with Gasteiger partial charge in [-0.1, -0.05) is 18.2 Å². The molecule has 0 bridgehead atoms. The first-order valence-corrected chi connectivity index (χ1v) is 5.60. The van der Waals surface area contributed by atoms with Crippen molar-refractivity contribution in [2.24, 2.45) is 0 Å². The molecule has 0 fully saturated rings. The molecule has 0 aliphatic carbocycles. The lowest BCUT2D eigenvalue weighted by molar-refractivity contribution is 0.338. The lowest BCUT2D eigenvalue weighted by atomic mass is 10.1. The maximum Gasteiger partial charge on any atom is 0.128 e. The van der Waals surface area contributed by atoms with E-state index in [1.165, 1.54) is 0 Å². The second-order valence-corrected chi connectivity index (χ2v) is 4.10. The molecule has 2 aromatic carbocycles. The number of nitrogens with one attached hydrogen (secondary N) is 1. The van der Waals surface area contributed by atoms with Crippen molar-refractivity contribution in [2.45, 2.75) is 6.04 Å². The summed E-state index contributed by atoms with van der Waals surface area (Å²) >= 11 is 0. The first kappa shape index (κ1) is 10.0. The Labute approximate surface area is 99.7 Å². The topological polar surface area (TPSA) is 41.5 Å². The molecule has 1 unspecified atom stereocenters. The number of phenolic OH excluding ortho intramolecular Hbond substituents is 1. The predicted molar refractivity (Wildman–Crippen MR) is 66.4 cm³/mol. The van der Waals surface area contributed by atoms with Crippen LogP contribution in [0.1, 0.15) is 11.6 Å². The largest absolute Gasteiger partial charge is 0.508 e. The van der Waals surface area contributed by atoms with Crippen LogP contribution in [0.4, 0.5) is 5.69 Å². The Kier molecular flexibility index (Phi) is 2.37. The van der Waals surface area contributed by atoms with E-state index in [1.54, 1.807) is 12.1 Å². The van der Waals surface area contributed by atoms with Gasteiger partial charge in [0.1, 0.15) is 18.1 Å². The van der Waals surface area contributed by atoms with Crippen LogP contribution < -0.4 is 10.1 Å². The van der Waals surface area contributed by atoms with Gasteiger partial charge in [0.25, 0.3) is 0 Å².